The van der Waals surface area contributed by atoms with Crippen LogP contribution in [0.5, 0.6) is 0 Å². The van der Waals surface area contributed by atoms with Gasteiger partial charge in [0.15, 0.2) is 0 Å². The van der Waals surface area contributed by atoms with E-state index in [9.17, 15) is 18.3 Å². The van der Waals surface area contributed by atoms with Gasteiger partial charge in [0.05, 0.1) is 0 Å². The lowest BCUT2D eigenvalue weighted by Crippen LogP contribution is -2.56. The maximum Gasteiger partial charge on any atom is 0.451 e. The zero-order chi connectivity index (χ0) is 18.2. The Morgan fingerprint density at radius 3 is 2.46 bits per heavy atom. The minimum atomic E-state index is -3.88. The van der Waals surface area contributed by atoms with Crippen LogP contribution in [0.25, 0.3) is 0 Å². The van der Waals surface area contributed by atoms with E-state index in [4.69, 9.17) is 21.5 Å². The lowest BCUT2D eigenvalue weighted by Gasteiger charge is -2.25. The molecule has 24 heavy (non-hydrogen) atoms. The van der Waals surface area contributed by atoms with Crippen molar-refractivity contribution < 1.29 is 28.4 Å². The molecule has 10 nitrogen and oxygen atoms in total. The molecule has 1 aliphatic heterocycles. The third-order valence-corrected chi connectivity index (χ3v) is 6.58. The van der Waals surface area contributed by atoms with Crippen LogP contribution in [0.15, 0.2) is 0 Å². The minimum Gasteiger partial charge on any atom is -0.480 e. The summed E-state index contributed by atoms with van der Waals surface area (Å²) in [5.41, 5.74) is 9.24. The number of nitrogens with two attached hydrogens (primary N) is 2. The molecule has 2 fully saturated rings. The van der Waals surface area contributed by atoms with Gasteiger partial charge in [0.25, 0.3) is 10.2 Å². The van der Waals surface area contributed by atoms with Crippen LogP contribution in [0.1, 0.15) is 25.7 Å². The summed E-state index contributed by atoms with van der Waals surface area (Å²) in [4.78, 5) is 11.6. The Labute approximate surface area is 141 Å². The molecule has 0 aromatic heterocycles. The van der Waals surface area contributed by atoms with Crippen LogP contribution in [0.2, 0.25) is 6.32 Å². The number of rotatable bonds is 9. The van der Waals surface area contributed by atoms with Crippen molar-refractivity contribution in [3.63, 3.8) is 0 Å². The molecule has 8 N–H and O–H groups in total. The number of carboxylic acids is 1. The van der Waals surface area contributed by atoms with Gasteiger partial charge in [0.2, 0.25) is 0 Å². The standard InChI is InChI=1S/C12H25BN4O6S/c14-7-11(3-4-11)16-24(22,23)17-6-9(2-1-5-13(20)21)12(15,8-17)10(18)19/h9,16,20-21H,1-8,14-15H2,(H,18,19)/t9-,12-/m1/s1. The van der Waals surface area contributed by atoms with Gasteiger partial charge in [0.1, 0.15) is 5.54 Å². The summed E-state index contributed by atoms with van der Waals surface area (Å²) >= 11 is 0. The third-order valence-electron chi connectivity index (χ3n) is 4.93. The van der Waals surface area contributed by atoms with Gasteiger partial charge in [-0.25, -0.2) is 0 Å². The predicted molar refractivity (Wildman–Crippen MR) is 86.9 cm³/mol. The number of carbonyl (C=O) groups is 1. The fraction of sp³-hybridized carbons (Fsp3) is 0.917. The van der Waals surface area contributed by atoms with E-state index in [1.165, 1.54) is 0 Å². The maximum absolute atomic E-state index is 12.5. The molecular weight excluding hydrogens is 339 g/mol. The highest BCUT2D eigenvalue weighted by atomic mass is 32.2. The first-order chi connectivity index (χ1) is 11.0. The van der Waals surface area contributed by atoms with Crippen LogP contribution >= 0.6 is 0 Å². The Morgan fingerprint density at radius 1 is 1.38 bits per heavy atom. The van der Waals surface area contributed by atoms with Crippen LogP contribution in [-0.4, -0.2) is 71.7 Å². The molecule has 0 radical (unpaired) electrons. The zero-order valence-electron chi connectivity index (χ0n) is 13.4. The van der Waals surface area contributed by atoms with Crippen molar-refractivity contribution in [2.75, 3.05) is 19.6 Å². The molecule has 0 unspecified atom stereocenters. The molecule has 1 saturated carbocycles. The van der Waals surface area contributed by atoms with Gasteiger partial charge >= 0.3 is 13.1 Å². The van der Waals surface area contributed by atoms with E-state index in [2.05, 4.69) is 4.72 Å². The van der Waals surface area contributed by atoms with Crippen LogP contribution in [0.3, 0.4) is 0 Å². The van der Waals surface area contributed by atoms with E-state index in [1.54, 1.807) is 0 Å². The molecule has 2 rings (SSSR count). The van der Waals surface area contributed by atoms with E-state index >= 15 is 0 Å². The highest BCUT2D eigenvalue weighted by Gasteiger charge is 2.54. The molecule has 2 aliphatic rings. The molecule has 138 valence electrons. The van der Waals surface area contributed by atoms with Gasteiger partial charge in [-0.1, -0.05) is 6.42 Å². The van der Waals surface area contributed by atoms with E-state index in [1.807, 2.05) is 0 Å². The van der Waals surface area contributed by atoms with E-state index in [0.29, 0.717) is 19.3 Å². The minimum absolute atomic E-state index is 0.0275. The molecule has 1 heterocycles. The van der Waals surface area contributed by atoms with Crippen molar-refractivity contribution in [3.8, 4) is 0 Å². The quantitative estimate of drug-likeness (QED) is 0.239. The molecule has 0 spiro atoms. The van der Waals surface area contributed by atoms with Gasteiger partial charge in [0, 0.05) is 31.1 Å². The topological polar surface area (TPSA) is 179 Å². The summed E-state index contributed by atoms with van der Waals surface area (Å²) in [5.74, 6) is -1.88. The van der Waals surface area contributed by atoms with Crippen LogP contribution < -0.4 is 16.2 Å². The average molecular weight is 364 g/mol. The molecule has 1 aliphatic carbocycles. The highest BCUT2D eigenvalue weighted by Crippen LogP contribution is 2.37. The molecule has 2 atom stereocenters. The summed E-state index contributed by atoms with van der Waals surface area (Å²) in [5, 5.41) is 27.2. The second kappa shape index (κ2) is 6.86. The van der Waals surface area contributed by atoms with Gasteiger partial charge in [-0.15, -0.1) is 0 Å². The summed E-state index contributed by atoms with van der Waals surface area (Å²) in [6, 6.07) is 0. The number of carboxylic acid groups (broad SMARTS) is 1. The van der Waals surface area contributed by atoms with Crippen molar-refractivity contribution in [3.05, 3.63) is 0 Å². The second-order valence-corrected chi connectivity index (χ2v) is 8.51. The molecule has 1 saturated heterocycles. The number of hydrogen-bond acceptors (Lipinski definition) is 7. The SMILES string of the molecule is NCC1(NS(=O)(=O)N2C[C@@H](CCCB(O)O)[C@@](N)(C(=O)O)C2)CC1. The Kier molecular flexibility index (Phi) is 5.60. The second-order valence-electron chi connectivity index (χ2n) is 6.84. The summed E-state index contributed by atoms with van der Waals surface area (Å²) in [6.45, 7) is -0.171. The Hall–Kier alpha value is -0.755. The monoisotopic (exact) mass is 364 g/mol. The fourth-order valence-electron chi connectivity index (χ4n) is 3.05. The third kappa shape index (κ3) is 4.07. The lowest BCUT2D eigenvalue weighted by atomic mass is 9.78. The average Bonchev–Trinajstić information content (AvgIpc) is 3.14. The van der Waals surface area contributed by atoms with E-state index in [-0.39, 0.29) is 32.4 Å². The molecular formula is C12H25BN4O6S. The van der Waals surface area contributed by atoms with Crippen molar-refractivity contribution in [2.45, 2.75) is 43.1 Å². The van der Waals surface area contributed by atoms with Crippen molar-refractivity contribution >= 4 is 23.3 Å². The Balaban J connectivity index is 2.09. The summed E-state index contributed by atoms with van der Waals surface area (Å²) in [7, 11) is -5.37. The molecule has 0 aromatic rings. The normalized spacial score (nSPS) is 29.6. The fourth-order valence-corrected chi connectivity index (χ4v) is 4.78. The van der Waals surface area contributed by atoms with E-state index in [0.717, 1.165) is 4.31 Å². The number of aliphatic carboxylic acids is 1. The number of nitrogens with one attached hydrogen (secondary N) is 1. The number of hydrogen-bond donors (Lipinski definition) is 6. The van der Waals surface area contributed by atoms with Gasteiger partial charge in [-0.2, -0.15) is 17.4 Å². The van der Waals surface area contributed by atoms with Crippen molar-refractivity contribution in [1.82, 2.24) is 9.03 Å². The lowest BCUT2D eigenvalue weighted by molar-refractivity contribution is -0.144. The maximum atomic E-state index is 12.5. The Morgan fingerprint density at radius 2 is 2.00 bits per heavy atom. The highest BCUT2D eigenvalue weighted by molar-refractivity contribution is 7.87. The first-order valence-electron chi connectivity index (χ1n) is 7.92. The number of nitrogens with zero attached hydrogens (tertiary/aromatic N) is 1. The van der Waals surface area contributed by atoms with Crippen molar-refractivity contribution in [1.29, 1.82) is 0 Å². The van der Waals surface area contributed by atoms with Crippen LogP contribution in [0, 0.1) is 5.92 Å². The predicted octanol–water partition coefficient (Wildman–Crippen LogP) is -2.72. The Bertz CT molecular complexity index is 584. The van der Waals surface area contributed by atoms with Crippen molar-refractivity contribution in [2.24, 2.45) is 17.4 Å². The largest absolute Gasteiger partial charge is 0.480 e. The smallest absolute Gasteiger partial charge is 0.451 e. The molecule has 0 aromatic carbocycles. The summed E-state index contributed by atoms with van der Waals surface area (Å²) in [6.07, 6.45) is 2.01. The van der Waals surface area contributed by atoms with E-state index < -0.39 is 40.3 Å². The van der Waals surface area contributed by atoms with Crippen LogP contribution in [-0.2, 0) is 15.0 Å². The zero-order valence-corrected chi connectivity index (χ0v) is 14.2. The molecule has 0 amide bonds. The first-order valence-corrected chi connectivity index (χ1v) is 9.36. The van der Waals surface area contributed by atoms with Crippen LogP contribution in [0.4, 0.5) is 0 Å². The van der Waals surface area contributed by atoms with Gasteiger partial charge < -0.3 is 26.6 Å². The molecule has 0 bridgehead atoms. The van der Waals surface area contributed by atoms with Gasteiger partial charge in [-0.05, 0) is 25.6 Å². The summed E-state index contributed by atoms with van der Waals surface area (Å²) < 4.78 is 28.6. The first kappa shape index (κ1) is 19.6. The van der Waals surface area contributed by atoms with Gasteiger partial charge in [-0.3, -0.25) is 4.79 Å². The molecule has 12 heteroatoms.